The van der Waals surface area contributed by atoms with Gasteiger partial charge >= 0.3 is 12.2 Å². The van der Waals surface area contributed by atoms with E-state index in [0.717, 1.165) is 67.8 Å². The van der Waals surface area contributed by atoms with Gasteiger partial charge in [-0.25, -0.2) is 9.78 Å². The van der Waals surface area contributed by atoms with E-state index in [0.29, 0.717) is 5.95 Å². The zero-order valence-electron chi connectivity index (χ0n) is 20.4. The minimum atomic E-state index is -4.71. The molecule has 2 aliphatic rings. The first-order valence-corrected chi connectivity index (χ1v) is 12.1. The molecule has 192 valence electrons. The minimum Gasteiger partial charge on any atom is -0.455 e. The van der Waals surface area contributed by atoms with Gasteiger partial charge in [-0.2, -0.15) is 18.2 Å². The molecule has 3 N–H and O–H groups in total. The van der Waals surface area contributed by atoms with Crippen molar-refractivity contribution in [2.75, 3.05) is 35.8 Å². The summed E-state index contributed by atoms with van der Waals surface area (Å²) < 4.78 is 45.1. The number of aromatic nitrogens is 2. The van der Waals surface area contributed by atoms with Crippen LogP contribution in [0.4, 0.5) is 35.4 Å². The number of halogens is 3. The number of nitrogens with zero attached hydrogens (tertiary/aromatic N) is 4. The molecule has 0 aromatic carbocycles. The summed E-state index contributed by atoms with van der Waals surface area (Å²) in [6.45, 7) is 1.53. The number of alkyl halides is 3. The van der Waals surface area contributed by atoms with Gasteiger partial charge in [-0.3, -0.25) is 4.90 Å². The van der Waals surface area contributed by atoms with Crippen molar-refractivity contribution in [3.8, 4) is 0 Å². The number of fused-ring (bicyclic) bond motifs is 1. The fraction of sp³-hybridized carbons (Fsp3) is 0.625. The summed E-state index contributed by atoms with van der Waals surface area (Å²) >= 11 is 0. The average molecular weight is 495 g/mol. The molecule has 2 amide bonds. The van der Waals surface area contributed by atoms with Crippen LogP contribution in [-0.4, -0.2) is 42.7 Å². The van der Waals surface area contributed by atoms with Crippen LogP contribution < -0.4 is 20.9 Å². The van der Waals surface area contributed by atoms with Crippen molar-refractivity contribution in [3.05, 3.63) is 28.8 Å². The highest BCUT2D eigenvalue weighted by Gasteiger charge is 2.41. The number of carbonyl (C=O) groups excluding carboxylic acids is 1. The molecule has 11 heteroatoms. The van der Waals surface area contributed by atoms with Gasteiger partial charge in [0.15, 0.2) is 0 Å². The van der Waals surface area contributed by atoms with Gasteiger partial charge in [-0.05, 0) is 64.2 Å². The van der Waals surface area contributed by atoms with E-state index in [1.165, 1.54) is 18.6 Å². The predicted octanol–water partition coefficient (Wildman–Crippen LogP) is 4.90. The lowest BCUT2D eigenvalue weighted by molar-refractivity contribution is -0.152. The Morgan fingerprint density at radius 3 is 2.49 bits per heavy atom. The van der Waals surface area contributed by atoms with E-state index in [2.05, 4.69) is 5.32 Å². The molecule has 4 rings (SSSR count). The summed E-state index contributed by atoms with van der Waals surface area (Å²) in [4.78, 5) is 24.6. The Morgan fingerprint density at radius 1 is 1.17 bits per heavy atom. The maximum atomic E-state index is 13.4. The van der Waals surface area contributed by atoms with Gasteiger partial charge < -0.3 is 20.4 Å². The molecule has 0 aliphatic heterocycles. The molecule has 2 aliphatic carbocycles. The first kappa shape index (κ1) is 25.1. The molecule has 2 aromatic heterocycles. The third kappa shape index (κ3) is 5.65. The zero-order valence-corrected chi connectivity index (χ0v) is 20.4. The van der Waals surface area contributed by atoms with Crippen LogP contribution in [0.1, 0.15) is 61.3 Å². The number of aryl methyl sites for hydroxylation is 2. The summed E-state index contributed by atoms with van der Waals surface area (Å²) in [5, 5.41) is 3.47. The van der Waals surface area contributed by atoms with Gasteiger partial charge in [0.05, 0.1) is 11.4 Å². The van der Waals surface area contributed by atoms with Crippen LogP contribution in [0.2, 0.25) is 0 Å². The lowest BCUT2D eigenvalue weighted by Gasteiger charge is -2.32. The molecule has 0 saturated heterocycles. The van der Waals surface area contributed by atoms with Crippen molar-refractivity contribution in [2.24, 2.45) is 11.7 Å². The smallest absolute Gasteiger partial charge is 0.451 e. The number of hydrogen-bond donors (Lipinski definition) is 2. The Hall–Kier alpha value is -2.98. The number of anilines is 3. The Morgan fingerprint density at radius 2 is 1.86 bits per heavy atom. The maximum absolute atomic E-state index is 13.4. The van der Waals surface area contributed by atoms with Crippen LogP contribution in [-0.2, 0) is 19.0 Å². The maximum Gasteiger partial charge on any atom is 0.451 e. The fourth-order valence-corrected chi connectivity index (χ4v) is 5.15. The van der Waals surface area contributed by atoms with Crippen molar-refractivity contribution in [1.29, 1.82) is 0 Å². The van der Waals surface area contributed by atoms with Gasteiger partial charge in [0, 0.05) is 38.3 Å². The molecule has 1 fully saturated rings. The Labute approximate surface area is 203 Å². The third-order valence-electron chi connectivity index (χ3n) is 6.86. The Kier molecular flexibility index (Phi) is 7.14. The number of furan rings is 1. The standard InChI is InChI=1S/C24H33F3N6O2/c1-14-12-19(20(35-14)24(25,26)27)33(22(28)34)13-15-8-10-16(11-9-15)29-23-30-18-7-5-4-6-17(18)21(31-23)32(2)3/h12,15-16H,4-11,13H2,1-3H3,(H2,28,34)(H,29,30,31). The number of primary amides is 1. The molecule has 1 saturated carbocycles. The summed E-state index contributed by atoms with van der Waals surface area (Å²) in [5.74, 6) is 0.497. The van der Waals surface area contributed by atoms with E-state index < -0.39 is 18.0 Å². The zero-order chi connectivity index (χ0) is 25.3. The summed E-state index contributed by atoms with van der Waals surface area (Å²) in [5.41, 5.74) is 7.50. The van der Waals surface area contributed by atoms with Crippen LogP contribution >= 0.6 is 0 Å². The van der Waals surface area contributed by atoms with Crippen molar-refractivity contribution < 1.29 is 22.4 Å². The van der Waals surface area contributed by atoms with Crippen LogP contribution in [0.15, 0.2) is 10.5 Å². The van der Waals surface area contributed by atoms with Gasteiger partial charge in [-0.15, -0.1) is 0 Å². The monoisotopic (exact) mass is 494 g/mol. The summed E-state index contributed by atoms with van der Waals surface area (Å²) in [6.07, 6.45) is 2.60. The van der Waals surface area contributed by atoms with E-state index >= 15 is 0 Å². The number of urea groups is 1. The van der Waals surface area contributed by atoms with Gasteiger partial charge in [0.2, 0.25) is 11.7 Å². The normalized spacial score (nSPS) is 20.3. The lowest BCUT2D eigenvalue weighted by Crippen LogP contribution is -2.41. The number of amides is 2. The van der Waals surface area contributed by atoms with E-state index in [9.17, 15) is 18.0 Å². The summed E-state index contributed by atoms with van der Waals surface area (Å²) in [7, 11) is 3.98. The highest BCUT2D eigenvalue weighted by atomic mass is 19.4. The van der Waals surface area contributed by atoms with Crippen LogP contribution in [0, 0.1) is 12.8 Å². The average Bonchev–Trinajstić information content (AvgIpc) is 3.19. The van der Waals surface area contributed by atoms with E-state index in [1.54, 1.807) is 0 Å². The van der Waals surface area contributed by atoms with Crippen LogP contribution in [0.25, 0.3) is 0 Å². The SMILES string of the molecule is Cc1cc(N(CC2CCC(Nc3nc4c(c(N(C)C)n3)CCCC4)CC2)C(N)=O)c(C(F)(F)F)o1. The van der Waals surface area contributed by atoms with Crippen molar-refractivity contribution in [3.63, 3.8) is 0 Å². The van der Waals surface area contributed by atoms with Crippen LogP contribution in [0.5, 0.6) is 0 Å². The summed E-state index contributed by atoms with van der Waals surface area (Å²) in [6, 6.07) is 0.457. The first-order chi connectivity index (χ1) is 16.5. The molecule has 8 nitrogen and oxygen atoms in total. The topological polar surface area (TPSA) is 101 Å². The molecule has 2 heterocycles. The second-order valence-electron chi connectivity index (χ2n) is 9.78. The number of carbonyl (C=O) groups is 1. The molecule has 0 unspecified atom stereocenters. The molecular weight excluding hydrogens is 461 g/mol. The molecule has 0 radical (unpaired) electrons. The minimum absolute atomic E-state index is 0.0265. The number of nitrogens with two attached hydrogens (primary N) is 1. The molecule has 35 heavy (non-hydrogen) atoms. The van der Waals surface area contributed by atoms with Gasteiger partial charge in [0.1, 0.15) is 11.6 Å². The number of nitrogens with one attached hydrogen (secondary N) is 1. The fourth-order valence-electron chi connectivity index (χ4n) is 5.15. The lowest BCUT2D eigenvalue weighted by atomic mass is 9.85. The Bertz CT molecular complexity index is 1060. The van der Waals surface area contributed by atoms with E-state index in [4.69, 9.17) is 20.1 Å². The van der Waals surface area contributed by atoms with E-state index in [1.807, 2.05) is 19.0 Å². The van der Waals surface area contributed by atoms with Gasteiger partial charge in [0.25, 0.3) is 0 Å². The highest BCUT2D eigenvalue weighted by molar-refractivity contribution is 5.91. The second kappa shape index (κ2) is 9.94. The molecule has 0 bridgehead atoms. The third-order valence-corrected chi connectivity index (χ3v) is 6.86. The number of rotatable bonds is 6. The van der Waals surface area contributed by atoms with Crippen molar-refractivity contribution >= 4 is 23.5 Å². The predicted molar refractivity (Wildman–Crippen MR) is 128 cm³/mol. The Balaban J connectivity index is 1.41. The van der Waals surface area contributed by atoms with Crippen molar-refractivity contribution in [2.45, 2.75) is 70.5 Å². The number of hydrogen-bond acceptors (Lipinski definition) is 6. The quantitative estimate of drug-likeness (QED) is 0.593. The molecule has 0 atom stereocenters. The highest BCUT2D eigenvalue weighted by Crippen LogP contribution is 2.40. The molecule has 2 aromatic rings. The largest absolute Gasteiger partial charge is 0.455 e. The van der Waals surface area contributed by atoms with Gasteiger partial charge in [-0.1, -0.05) is 0 Å². The van der Waals surface area contributed by atoms with Crippen molar-refractivity contribution in [1.82, 2.24) is 9.97 Å². The second-order valence-corrected chi connectivity index (χ2v) is 9.78. The van der Waals surface area contributed by atoms with Crippen LogP contribution in [0.3, 0.4) is 0 Å². The van der Waals surface area contributed by atoms with E-state index in [-0.39, 0.29) is 30.0 Å². The molecular formula is C24H33F3N6O2. The first-order valence-electron chi connectivity index (χ1n) is 12.1. The molecule has 0 spiro atoms.